The van der Waals surface area contributed by atoms with Crippen molar-refractivity contribution in [2.24, 2.45) is 0 Å². The van der Waals surface area contributed by atoms with E-state index in [1.54, 1.807) is 29.2 Å². The quantitative estimate of drug-likeness (QED) is 0.467. The van der Waals surface area contributed by atoms with Crippen LogP contribution in [0.5, 0.6) is 11.5 Å². The van der Waals surface area contributed by atoms with E-state index in [9.17, 15) is 4.79 Å². The minimum Gasteiger partial charge on any atom is -0.457 e. The number of carbonyl (C=O) groups excluding carboxylic acids is 1. The third kappa shape index (κ3) is 5.27. The van der Waals surface area contributed by atoms with Gasteiger partial charge >= 0.3 is 6.09 Å². The van der Waals surface area contributed by atoms with E-state index >= 15 is 0 Å². The zero-order valence-electron chi connectivity index (χ0n) is 15.8. The van der Waals surface area contributed by atoms with Crippen LogP contribution in [0.1, 0.15) is 19.4 Å². The van der Waals surface area contributed by atoms with Crippen LogP contribution in [0.15, 0.2) is 78.9 Å². The number of hydrogen-bond donors (Lipinski definition) is 0. The van der Waals surface area contributed by atoms with E-state index in [1.165, 1.54) is 0 Å². The molecule has 0 aliphatic carbocycles. The molecule has 0 saturated heterocycles. The minimum atomic E-state index is -0.410. The summed E-state index contributed by atoms with van der Waals surface area (Å²) in [7, 11) is 0. The highest BCUT2D eigenvalue weighted by molar-refractivity contribution is 6.30. The molecule has 4 nitrogen and oxygen atoms in total. The Bertz CT molecular complexity index is 911. The first kappa shape index (κ1) is 19.8. The minimum absolute atomic E-state index is 0.0542. The molecule has 1 amide bonds. The maximum Gasteiger partial charge on any atom is 0.414 e. The van der Waals surface area contributed by atoms with Gasteiger partial charge in [-0.05, 0) is 67.9 Å². The van der Waals surface area contributed by atoms with Crippen molar-refractivity contribution < 1.29 is 14.3 Å². The summed E-state index contributed by atoms with van der Waals surface area (Å²) in [5.74, 6) is 1.45. The van der Waals surface area contributed by atoms with Crippen LogP contribution in [0.25, 0.3) is 0 Å². The van der Waals surface area contributed by atoms with Crippen LogP contribution in [0.3, 0.4) is 0 Å². The average Bonchev–Trinajstić information content (AvgIpc) is 2.69. The molecule has 0 bridgehead atoms. The van der Waals surface area contributed by atoms with E-state index in [2.05, 4.69) is 0 Å². The number of halogens is 1. The first-order chi connectivity index (χ1) is 13.5. The standard InChI is InChI=1S/C23H22ClNO3/c1-17(2)25(20-13-11-19(24)12-14-20)23(26)27-16-18-7-6-10-22(15-18)28-21-8-4-3-5-9-21/h3-15,17H,16H2,1-2H3. The van der Waals surface area contributed by atoms with Crippen molar-refractivity contribution in [1.82, 2.24) is 0 Å². The monoisotopic (exact) mass is 395 g/mol. The van der Waals surface area contributed by atoms with Crippen molar-refractivity contribution in [1.29, 1.82) is 0 Å². The number of amides is 1. The number of benzene rings is 3. The molecule has 144 valence electrons. The first-order valence-corrected chi connectivity index (χ1v) is 9.44. The number of hydrogen-bond acceptors (Lipinski definition) is 3. The van der Waals surface area contributed by atoms with Gasteiger partial charge in [0.15, 0.2) is 0 Å². The maximum atomic E-state index is 12.7. The summed E-state index contributed by atoms with van der Waals surface area (Å²) >= 11 is 5.94. The second kappa shape index (κ2) is 9.29. The van der Waals surface area contributed by atoms with Gasteiger partial charge in [0.25, 0.3) is 0 Å². The van der Waals surface area contributed by atoms with Gasteiger partial charge in [-0.15, -0.1) is 0 Å². The van der Waals surface area contributed by atoms with Gasteiger partial charge in [-0.2, -0.15) is 0 Å². The van der Waals surface area contributed by atoms with E-state index in [0.29, 0.717) is 10.8 Å². The van der Waals surface area contributed by atoms with E-state index in [4.69, 9.17) is 21.1 Å². The SMILES string of the molecule is CC(C)N(C(=O)OCc1cccc(Oc2ccccc2)c1)c1ccc(Cl)cc1. The fraction of sp³-hybridized carbons (Fsp3) is 0.174. The zero-order chi connectivity index (χ0) is 19.9. The van der Waals surface area contributed by atoms with Gasteiger partial charge in [-0.25, -0.2) is 4.79 Å². The van der Waals surface area contributed by atoms with E-state index in [1.807, 2.05) is 68.4 Å². The largest absolute Gasteiger partial charge is 0.457 e. The molecule has 0 aliphatic rings. The van der Waals surface area contributed by atoms with Gasteiger partial charge in [-0.3, -0.25) is 4.90 Å². The fourth-order valence-electron chi connectivity index (χ4n) is 2.75. The lowest BCUT2D eigenvalue weighted by Crippen LogP contribution is -2.37. The van der Waals surface area contributed by atoms with E-state index < -0.39 is 6.09 Å². The molecule has 5 heteroatoms. The summed E-state index contributed by atoms with van der Waals surface area (Å²) in [5.41, 5.74) is 1.59. The highest BCUT2D eigenvalue weighted by Gasteiger charge is 2.20. The lowest BCUT2D eigenvalue weighted by atomic mass is 10.2. The molecule has 3 aromatic carbocycles. The van der Waals surface area contributed by atoms with Crippen molar-refractivity contribution in [2.45, 2.75) is 26.5 Å². The number of para-hydroxylation sites is 1. The van der Waals surface area contributed by atoms with Gasteiger partial charge in [0, 0.05) is 16.8 Å². The molecule has 0 heterocycles. The number of rotatable bonds is 6. The van der Waals surface area contributed by atoms with Crippen molar-refractivity contribution in [3.63, 3.8) is 0 Å². The molecule has 0 unspecified atom stereocenters. The molecule has 0 radical (unpaired) electrons. The predicted octanol–water partition coefficient (Wildman–Crippen LogP) is 6.68. The lowest BCUT2D eigenvalue weighted by molar-refractivity contribution is 0.145. The molecule has 28 heavy (non-hydrogen) atoms. The lowest BCUT2D eigenvalue weighted by Gasteiger charge is -2.26. The summed E-state index contributed by atoms with van der Waals surface area (Å²) in [4.78, 5) is 14.3. The topological polar surface area (TPSA) is 38.8 Å². The van der Waals surface area contributed by atoms with E-state index in [0.717, 1.165) is 17.0 Å². The Morgan fingerprint density at radius 2 is 1.61 bits per heavy atom. The molecule has 0 saturated carbocycles. The summed E-state index contributed by atoms with van der Waals surface area (Å²) in [6.07, 6.45) is -0.410. The van der Waals surface area contributed by atoms with E-state index in [-0.39, 0.29) is 12.6 Å². The van der Waals surface area contributed by atoms with Crippen LogP contribution in [-0.4, -0.2) is 12.1 Å². The Labute approximate surface area is 170 Å². The van der Waals surface area contributed by atoms with Gasteiger partial charge in [-0.1, -0.05) is 41.9 Å². The van der Waals surface area contributed by atoms with Gasteiger partial charge < -0.3 is 9.47 Å². The highest BCUT2D eigenvalue weighted by atomic mass is 35.5. The van der Waals surface area contributed by atoms with Crippen LogP contribution >= 0.6 is 11.6 Å². The normalized spacial score (nSPS) is 10.6. The number of nitrogens with zero attached hydrogens (tertiary/aromatic N) is 1. The molecule has 0 atom stereocenters. The van der Waals surface area contributed by atoms with Gasteiger partial charge in [0.2, 0.25) is 0 Å². The van der Waals surface area contributed by atoms with Crippen molar-refractivity contribution in [3.05, 3.63) is 89.4 Å². The summed E-state index contributed by atoms with van der Waals surface area (Å²) in [5, 5.41) is 0.621. The fourth-order valence-corrected chi connectivity index (χ4v) is 2.88. The smallest absolute Gasteiger partial charge is 0.414 e. The Morgan fingerprint density at radius 1 is 0.929 bits per heavy atom. The van der Waals surface area contributed by atoms with Gasteiger partial charge in [0.05, 0.1) is 0 Å². The van der Waals surface area contributed by atoms with Crippen molar-refractivity contribution in [3.8, 4) is 11.5 Å². The molecule has 0 fully saturated rings. The van der Waals surface area contributed by atoms with Crippen molar-refractivity contribution in [2.75, 3.05) is 4.90 Å². The Kier molecular flexibility index (Phi) is 6.56. The van der Waals surface area contributed by atoms with Crippen LogP contribution in [0.4, 0.5) is 10.5 Å². The molecule has 3 aromatic rings. The Hall–Kier alpha value is -2.98. The Morgan fingerprint density at radius 3 is 2.29 bits per heavy atom. The number of ether oxygens (including phenoxy) is 2. The summed E-state index contributed by atoms with van der Waals surface area (Å²) in [6.45, 7) is 4.02. The maximum absolute atomic E-state index is 12.7. The van der Waals surface area contributed by atoms with Crippen LogP contribution in [-0.2, 0) is 11.3 Å². The molecular weight excluding hydrogens is 374 g/mol. The van der Waals surface area contributed by atoms with Crippen LogP contribution in [0, 0.1) is 0 Å². The third-order valence-electron chi connectivity index (χ3n) is 4.06. The second-order valence-electron chi connectivity index (χ2n) is 6.56. The molecule has 0 spiro atoms. The van der Waals surface area contributed by atoms with Crippen molar-refractivity contribution >= 4 is 23.4 Å². The molecule has 0 N–H and O–H groups in total. The predicted molar refractivity (Wildman–Crippen MR) is 112 cm³/mol. The van der Waals surface area contributed by atoms with Gasteiger partial charge in [0.1, 0.15) is 18.1 Å². The average molecular weight is 396 g/mol. The summed E-state index contributed by atoms with van der Waals surface area (Å²) in [6, 6.07) is 24.1. The Balaban J connectivity index is 1.66. The second-order valence-corrected chi connectivity index (χ2v) is 6.99. The molecule has 3 rings (SSSR count). The van der Waals surface area contributed by atoms with Crippen LogP contribution < -0.4 is 9.64 Å². The van der Waals surface area contributed by atoms with Crippen LogP contribution in [0.2, 0.25) is 5.02 Å². The first-order valence-electron chi connectivity index (χ1n) is 9.06. The number of anilines is 1. The zero-order valence-corrected chi connectivity index (χ0v) is 16.6. The highest BCUT2D eigenvalue weighted by Crippen LogP contribution is 2.24. The molecular formula is C23H22ClNO3. The third-order valence-corrected chi connectivity index (χ3v) is 4.31. The number of carbonyl (C=O) groups is 1. The molecule has 0 aliphatic heterocycles. The summed E-state index contributed by atoms with van der Waals surface area (Å²) < 4.78 is 11.4. The molecule has 0 aromatic heterocycles.